The van der Waals surface area contributed by atoms with Gasteiger partial charge < -0.3 is 15.2 Å². The topological polar surface area (TPSA) is 68.5 Å². The van der Waals surface area contributed by atoms with Gasteiger partial charge in [-0.2, -0.15) is 0 Å². The number of rotatable bonds is 1. The zero-order valence-corrected chi connectivity index (χ0v) is 9.61. The van der Waals surface area contributed by atoms with Crippen LogP contribution in [0.15, 0.2) is 18.2 Å². The van der Waals surface area contributed by atoms with E-state index in [1.807, 2.05) is 12.1 Å². The Kier molecular flexibility index (Phi) is 2.88. The van der Waals surface area contributed by atoms with Crippen molar-refractivity contribution in [2.24, 2.45) is 5.73 Å². The summed E-state index contributed by atoms with van der Waals surface area (Å²) >= 11 is 0. The number of hydrazine groups is 1. The lowest BCUT2D eigenvalue weighted by atomic mass is 10.0. The minimum atomic E-state index is 0.0102. The van der Waals surface area contributed by atoms with E-state index in [4.69, 9.17) is 15.2 Å². The van der Waals surface area contributed by atoms with Crippen LogP contribution in [0, 0.1) is 0 Å². The number of nitrogens with one attached hydrogen (secondary N) is 2. The fourth-order valence-corrected chi connectivity index (χ4v) is 2.20. The molecule has 5 nitrogen and oxygen atoms in total. The number of hydrogen-bond donors (Lipinski definition) is 3. The molecule has 17 heavy (non-hydrogen) atoms. The Balaban J connectivity index is 1.84. The Morgan fingerprint density at radius 1 is 1.12 bits per heavy atom. The fraction of sp³-hybridized carbons (Fsp3) is 0.500. The zero-order valence-electron chi connectivity index (χ0n) is 9.61. The molecule has 2 aliphatic heterocycles. The molecule has 0 spiro atoms. The van der Waals surface area contributed by atoms with E-state index in [2.05, 4.69) is 16.9 Å². The van der Waals surface area contributed by atoms with Crippen LogP contribution in [0.3, 0.4) is 0 Å². The fourth-order valence-electron chi connectivity index (χ4n) is 2.20. The molecule has 4 N–H and O–H groups in total. The first-order valence-electron chi connectivity index (χ1n) is 5.99. The van der Waals surface area contributed by atoms with E-state index < -0.39 is 0 Å². The van der Waals surface area contributed by atoms with Crippen LogP contribution in [-0.2, 0) is 0 Å². The van der Waals surface area contributed by atoms with Gasteiger partial charge in [0.1, 0.15) is 0 Å². The quantitative estimate of drug-likeness (QED) is 0.667. The summed E-state index contributed by atoms with van der Waals surface area (Å²) in [5.74, 6) is 1.67. The normalized spacial score (nSPS) is 27.8. The number of benzene rings is 1. The van der Waals surface area contributed by atoms with Gasteiger partial charge in [0, 0.05) is 12.5 Å². The van der Waals surface area contributed by atoms with Crippen LogP contribution >= 0.6 is 0 Å². The summed E-state index contributed by atoms with van der Waals surface area (Å²) in [6.45, 7) is 1.44. The van der Waals surface area contributed by atoms with Crippen LogP contribution in [0.25, 0.3) is 0 Å². The van der Waals surface area contributed by atoms with Crippen molar-refractivity contribution in [3.8, 4) is 11.5 Å². The third-order valence-electron chi connectivity index (χ3n) is 3.11. The lowest BCUT2D eigenvalue weighted by molar-refractivity contribution is 0.297. The van der Waals surface area contributed by atoms with Crippen LogP contribution in [0.4, 0.5) is 0 Å². The Hall–Kier alpha value is -1.30. The number of fused-ring (bicyclic) bond motifs is 1. The summed E-state index contributed by atoms with van der Waals surface area (Å²) in [6.07, 6.45) is 1.81. The first-order valence-corrected chi connectivity index (χ1v) is 5.99. The second kappa shape index (κ2) is 4.52. The third-order valence-corrected chi connectivity index (χ3v) is 3.11. The predicted molar refractivity (Wildman–Crippen MR) is 63.7 cm³/mol. The highest BCUT2D eigenvalue weighted by molar-refractivity contribution is 5.44. The van der Waals surface area contributed by atoms with E-state index in [0.717, 1.165) is 30.9 Å². The molecular weight excluding hydrogens is 218 g/mol. The van der Waals surface area contributed by atoms with E-state index in [-0.39, 0.29) is 12.2 Å². The average Bonchev–Trinajstić information content (AvgIpc) is 2.64. The molecule has 3 rings (SSSR count). The van der Waals surface area contributed by atoms with E-state index in [1.54, 1.807) is 0 Å². The molecule has 2 heterocycles. The summed E-state index contributed by atoms with van der Waals surface area (Å²) in [5.41, 5.74) is 13.2. The van der Waals surface area contributed by atoms with Gasteiger partial charge in [0.2, 0.25) is 0 Å². The first kappa shape index (κ1) is 10.8. The van der Waals surface area contributed by atoms with E-state index in [0.29, 0.717) is 6.61 Å². The Morgan fingerprint density at radius 2 is 1.94 bits per heavy atom. The maximum atomic E-state index is 5.80. The van der Waals surface area contributed by atoms with Crippen LogP contribution in [0.2, 0.25) is 0 Å². The van der Waals surface area contributed by atoms with E-state index >= 15 is 0 Å². The Bertz CT molecular complexity index is 411. The maximum absolute atomic E-state index is 5.80. The molecule has 0 bridgehead atoms. The van der Waals surface area contributed by atoms with Gasteiger partial charge in [0.05, 0.1) is 19.4 Å². The lowest BCUT2D eigenvalue weighted by Gasteiger charge is -2.13. The summed E-state index contributed by atoms with van der Waals surface area (Å²) in [6, 6.07) is 6.31. The van der Waals surface area contributed by atoms with Gasteiger partial charge in [0.15, 0.2) is 11.5 Å². The van der Waals surface area contributed by atoms with Gasteiger partial charge in [-0.3, -0.25) is 0 Å². The molecule has 1 saturated heterocycles. The summed E-state index contributed by atoms with van der Waals surface area (Å²) < 4.78 is 11.3. The lowest BCUT2D eigenvalue weighted by Crippen LogP contribution is -2.36. The van der Waals surface area contributed by atoms with Gasteiger partial charge in [-0.25, -0.2) is 10.9 Å². The molecule has 2 aliphatic rings. The molecule has 1 aromatic carbocycles. The van der Waals surface area contributed by atoms with Gasteiger partial charge in [-0.1, -0.05) is 6.07 Å². The van der Waals surface area contributed by atoms with Crippen molar-refractivity contribution in [2.45, 2.75) is 25.0 Å². The summed E-state index contributed by atoms with van der Waals surface area (Å²) in [5, 5.41) is 0. The number of nitrogens with two attached hydrogens (primary N) is 1. The molecule has 5 heteroatoms. The van der Waals surface area contributed by atoms with Gasteiger partial charge in [-0.15, -0.1) is 0 Å². The highest BCUT2D eigenvalue weighted by Crippen LogP contribution is 2.33. The molecule has 1 fully saturated rings. The molecule has 92 valence electrons. The number of hydrogen-bond acceptors (Lipinski definition) is 5. The molecule has 0 saturated carbocycles. The molecule has 1 aromatic rings. The molecule has 0 aliphatic carbocycles. The Labute approximate surface area is 100 Å². The third kappa shape index (κ3) is 2.22. The van der Waals surface area contributed by atoms with Crippen LogP contribution in [0.1, 0.15) is 24.4 Å². The Morgan fingerprint density at radius 3 is 2.71 bits per heavy atom. The molecule has 0 aromatic heterocycles. The van der Waals surface area contributed by atoms with Gasteiger partial charge >= 0.3 is 0 Å². The first-order chi connectivity index (χ1) is 8.33. The minimum Gasteiger partial charge on any atom is -0.490 e. The zero-order chi connectivity index (χ0) is 11.7. The molecule has 0 radical (unpaired) electrons. The highest BCUT2D eigenvalue weighted by Gasteiger charge is 2.23. The molecule has 2 unspecified atom stereocenters. The van der Waals surface area contributed by atoms with Crippen molar-refractivity contribution in [2.75, 3.05) is 13.2 Å². The number of ether oxygens (including phenoxy) is 2. The molecule has 2 atom stereocenters. The standard InChI is InChI=1S/C12H17N3O2/c13-12-7-9(14-15-12)8-2-3-10-11(6-8)17-5-1-4-16-10/h2-3,6,9,12,14-15H,1,4-5,7,13H2. The predicted octanol–water partition coefficient (Wildman–Crippen LogP) is 0.672. The molecular formula is C12H17N3O2. The summed E-state index contributed by atoms with van der Waals surface area (Å²) in [4.78, 5) is 0. The largest absolute Gasteiger partial charge is 0.490 e. The van der Waals surface area contributed by atoms with Crippen molar-refractivity contribution >= 4 is 0 Å². The minimum absolute atomic E-state index is 0.0102. The summed E-state index contributed by atoms with van der Waals surface area (Å²) in [7, 11) is 0. The van der Waals surface area contributed by atoms with E-state index in [9.17, 15) is 0 Å². The highest BCUT2D eigenvalue weighted by atomic mass is 16.5. The van der Waals surface area contributed by atoms with Crippen molar-refractivity contribution in [1.82, 2.24) is 10.9 Å². The SMILES string of the molecule is NC1CC(c2ccc3c(c2)OCCCO3)NN1. The van der Waals surface area contributed by atoms with Crippen molar-refractivity contribution < 1.29 is 9.47 Å². The van der Waals surface area contributed by atoms with Crippen LogP contribution in [-0.4, -0.2) is 19.4 Å². The smallest absolute Gasteiger partial charge is 0.161 e. The van der Waals surface area contributed by atoms with Crippen LogP contribution < -0.4 is 26.1 Å². The monoisotopic (exact) mass is 235 g/mol. The second-order valence-corrected chi connectivity index (χ2v) is 4.44. The van der Waals surface area contributed by atoms with Crippen molar-refractivity contribution in [3.05, 3.63) is 23.8 Å². The van der Waals surface area contributed by atoms with Crippen molar-refractivity contribution in [3.63, 3.8) is 0 Å². The average molecular weight is 235 g/mol. The maximum Gasteiger partial charge on any atom is 0.161 e. The van der Waals surface area contributed by atoms with E-state index in [1.165, 1.54) is 5.56 Å². The van der Waals surface area contributed by atoms with Crippen molar-refractivity contribution in [1.29, 1.82) is 0 Å². The second-order valence-electron chi connectivity index (χ2n) is 4.44. The van der Waals surface area contributed by atoms with Gasteiger partial charge in [0.25, 0.3) is 0 Å². The van der Waals surface area contributed by atoms with Gasteiger partial charge in [-0.05, 0) is 24.1 Å². The van der Waals surface area contributed by atoms with Crippen LogP contribution in [0.5, 0.6) is 11.5 Å². The molecule has 0 amide bonds.